The molecule has 20 heavy (non-hydrogen) atoms. The highest BCUT2D eigenvalue weighted by Gasteiger charge is 2.44. The summed E-state index contributed by atoms with van der Waals surface area (Å²) in [5.74, 6) is -2.99. The van der Waals surface area contributed by atoms with Gasteiger partial charge in [-0.1, -0.05) is 6.92 Å². The number of hydrogen-bond donors (Lipinski definition) is 0. The van der Waals surface area contributed by atoms with Crippen LogP contribution in [0.3, 0.4) is 0 Å². The Morgan fingerprint density at radius 2 is 1.70 bits per heavy atom. The quantitative estimate of drug-likeness (QED) is 0.784. The number of rotatable bonds is 4. The molecule has 0 radical (unpaired) electrons. The molecule has 1 atom stereocenters. The van der Waals surface area contributed by atoms with Crippen molar-refractivity contribution in [3.8, 4) is 0 Å². The van der Waals surface area contributed by atoms with Crippen molar-refractivity contribution in [3.05, 3.63) is 0 Å². The van der Waals surface area contributed by atoms with Crippen LogP contribution >= 0.6 is 0 Å². The van der Waals surface area contributed by atoms with Crippen LogP contribution in [-0.4, -0.2) is 79.0 Å². The number of piperazine rings is 1. The summed E-state index contributed by atoms with van der Waals surface area (Å²) >= 11 is 0. The molecule has 2 saturated heterocycles. The zero-order valence-corrected chi connectivity index (χ0v) is 13.1. The molecule has 2 aliphatic heterocycles. The summed E-state index contributed by atoms with van der Waals surface area (Å²) in [5.41, 5.74) is 0. The summed E-state index contributed by atoms with van der Waals surface area (Å²) in [6.07, 6.45) is 0.630. The molecular formula is C15H29F2N3. The first-order valence-corrected chi connectivity index (χ1v) is 7.99. The molecule has 0 saturated carbocycles. The first-order valence-electron chi connectivity index (χ1n) is 7.99. The van der Waals surface area contributed by atoms with E-state index in [4.69, 9.17) is 0 Å². The van der Waals surface area contributed by atoms with Crippen LogP contribution in [-0.2, 0) is 0 Å². The Morgan fingerprint density at radius 1 is 1.05 bits per heavy atom. The Labute approximate surface area is 121 Å². The van der Waals surface area contributed by atoms with Crippen molar-refractivity contribution in [1.29, 1.82) is 0 Å². The minimum absolute atomic E-state index is 0.0554. The fourth-order valence-corrected chi connectivity index (χ4v) is 3.32. The molecule has 2 heterocycles. The standard InChI is InChI=1S/C15H29F2N3/c1-4-18-6-5-14(15(16,17)12-18)11-19-7-9-20(10-8-19)13(2)3/h13-14H,4-12H2,1-3H3. The molecule has 0 amide bonds. The summed E-state index contributed by atoms with van der Waals surface area (Å²) in [6, 6.07) is 0.561. The van der Waals surface area contributed by atoms with Crippen LogP contribution in [0.15, 0.2) is 0 Å². The van der Waals surface area contributed by atoms with E-state index < -0.39 is 11.8 Å². The molecule has 1 unspecified atom stereocenters. The maximum atomic E-state index is 14.2. The fraction of sp³-hybridized carbons (Fsp3) is 1.00. The average molecular weight is 289 g/mol. The van der Waals surface area contributed by atoms with Gasteiger partial charge in [0.2, 0.25) is 0 Å². The highest BCUT2D eigenvalue weighted by Crippen LogP contribution is 2.33. The normalized spacial score (nSPS) is 30.0. The number of likely N-dealkylation sites (tertiary alicyclic amines) is 1. The van der Waals surface area contributed by atoms with Crippen LogP contribution in [0.1, 0.15) is 27.2 Å². The van der Waals surface area contributed by atoms with Crippen LogP contribution < -0.4 is 0 Å². The van der Waals surface area contributed by atoms with Crippen molar-refractivity contribution < 1.29 is 8.78 Å². The Bertz CT molecular complexity index is 301. The van der Waals surface area contributed by atoms with Crippen LogP contribution in [0.4, 0.5) is 8.78 Å². The number of hydrogen-bond acceptors (Lipinski definition) is 3. The van der Waals surface area contributed by atoms with Gasteiger partial charge < -0.3 is 4.90 Å². The van der Waals surface area contributed by atoms with Gasteiger partial charge in [-0.05, 0) is 33.4 Å². The molecule has 2 aliphatic rings. The van der Waals surface area contributed by atoms with E-state index in [2.05, 4.69) is 23.6 Å². The molecule has 3 nitrogen and oxygen atoms in total. The molecular weight excluding hydrogens is 260 g/mol. The largest absolute Gasteiger partial charge is 0.300 e. The summed E-state index contributed by atoms with van der Waals surface area (Å²) in [6.45, 7) is 12.3. The zero-order chi connectivity index (χ0) is 14.8. The second-order valence-electron chi connectivity index (χ2n) is 6.55. The molecule has 0 aromatic carbocycles. The first-order chi connectivity index (χ1) is 9.42. The minimum atomic E-state index is -2.52. The molecule has 0 aliphatic carbocycles. The van der Waals surface area contributed by atoms with E-state index in [1.165, 1.54) is 0 Å². The highest BCUT2D eigenvalue weighted by atomic mass is 19.3. The van der Waals surface area contributed by atoms with Gasteiger partial charge in [0.25, 0.3) is 5.92 Å². The fourth-order valence-electron chi connectivity index (χ4n) is 3.32. The first kappa shape index (κ1) is 16.1. The number of nitrogens with zero attached hydrogens (tertiary/aromatic N) is 3. The predicted molar refractivity (Wildman–Crippen MR) is 78.3 cm³/mol. The van der Waals surface area contributed by atoms with Gasteiger partial charge >= 0.3 is 0 Å². The number of halogens is 2. The molecule has 0 aromatic heterocycles. The Hall–Kier alpha value is -0.260. The van der Waals surface area contributed by atoms with Crippen LogP contribution in [0.2, 0.25) is 0 Å². The lowest BCUT2D eigenvalue weighted by Crippen LogP contribution is -2.55. The van der Waals surface area contributed by atoms with Gasteiger partial charge in [0, 0.05) is 44.7 Å². The summed E-state index contributed by atoms with van der Waals surface area (Å²) < 4.78 is 28.4. The molecule has 5 heteroatoms. The van der Waals surface area contributed by atoms with Gasteiger partial charge in [-0.15, -0.1) is 0 Å². The smallest absolute Gasteiger partial charge is 0.264 e. The third-order valence-electron chi connectivity index (χ3n) is 4.89. The third kappa shape index (κ3) is 3.89. The SMILES string of the molecule is CCN1CCC(CN2CCN(C(C)C)CC2)C(F)(F)C1. The van der Waals surface area contributed by atoms with E-state index in [1.54, 1.807) is 0 Å². The second kappa shape index (κ2) is 6.67. The van der Waals surface area contributed by atoms with Gasteiger partial charge in [-0.2, -0.15) is 0 Å². The predicted octanol–water partition coefficient (Wildman–Crippen LogP) is 1.99. The lowest BCUT2D eigenvalue weighted by Gasteiger charge is -2.42. The topological polar surface area (TPSA) is 9.72 Å². The van der Waals surface area contributed by atoms with E-state index in [0.717, 1.165) is 39.3 Å². The monoisotopic (exact) mass is 289 g/mol. The van der Waals surface area contributed by atoms with Crippen molar-refractivity contribution in [2.24, 2.45) is 5.92 Å². The van der Waals surface area contributed by atoms with Crippen molar-refractivity contribution in [3.63, 3.8) is 0 Å². The molecule has 0 bridgehead atoms. The van der Waals surface area contributed by atoms with Gasteiger partial charge in [-0.25, -0.2) is 8.78 Å². The molecule has 0 N–H and O–H groups in total. The maximum absolute atomic E-state index is 14.2. The summed E-state index contributed by atoms with van der Waals surface area (Å²) in [7, 11) is 0. The molecule has 2 fully saturated rings. The van der Waals surface area contributed by atoms with Crippen LogP contribution in [0.5, 0.6) is 0 Å². The Kier molecular flexibility index (Phi) is 5.37. The molecule has 0 spiro atoms. The van der Waals surface area contributed by atoms with Gasteiger partial charge in [-0.3, -0.25) is 9.80 Å². The molecule has 118 valence electrons. The minimum Gasteiger partial charge on any atom is -0.300 e. The van der Waals surface area contributed by atoms with Gasteiger partial charge in [0.05, 0.1) is 6.54 Å². The van der Waals surface area contributed by atoms with E-state index >= 15 is 0 Å². The highest BCUT2D eigenvalue weighted by molar-refractivity contribution is 4.89. The molecule has 0 aromatic rings. The Morgan fingerprint density at radius 3 is 2.20 bits per heavy atom. The van der Waals surface area contributed by atoms with Gasteiger partial charge in [0.1, 0.15) is 0 Å². The van der Waals surface area contributed by atoms with Crippen LogP contribution in [0.25, 0.3) is 0 Å². The van der Waals surface area contributed by atoms with Crippen molar-refractivity contribution in [2.45, 2.75) is 39.2 Å². The van der Waals surface area contributed by atoms with Crippen LogP contribution in [0, 0.1) is 5.92 Å². The van der Waals surface area contributed by atoms with E-state index in [9.17, 15) is 8.78 Å². The van der Waals surface area contributed by atoms with Crippen molar-refractivity contribution >= 4 is 0 Å². The van der Waals surface area contributed by atoms with E-state index in [0.29, 0.717) is 19.0 Å². The second-order valence-corrected chi connectivity index (χ2v) is 6.55. The van der Waals surface area contributed by atoms with Crippen molar-refractivity contribution in [2.75, 3.05) is 52.4 Å². The lowest BCUT2D eigenvalue weighted by molar-refractivity contribution is -0.119. The lowest BCUT2D eigenvalue weighted by atomic mass is 9.92. The number of piperidine rings is 1. The maximum Gasteiger partial charge on any atom is 0.264 e. The van der Waals surface area contributed by atoms with E-state index in [1.807, 2.05) is 11.8 Å². The third-order valence-corrected chi connectivity index (χ3v) is 4.89. The Balaban J connectivity index is 1.82. The molecule has 2 rings (SSSR count). The summed E-state index contributed by atoms with van der Waals surface area (Å²) in [4.78, 5) is 6.53. The summed E-state index contributed by atoms with van der Waals surface area (Å²) in [5, 5.41) is 0. The number of alkyl halides is 2. The zero-order valence-electron chi connectivity index (χ0n) is 13.1. The van der Waals surface area contributed by atoms with Gasteiger partial charge in [0.15, 0.2) is 0 Å². The van der Waals surface area contributed by atoms with Crippen molar-refractivity contribution in [1.82, 2.24) is 14.7 Å². The van der Waals surface area contributed by atoms with E-state index in [-0.39, 0.29) is 6.54 Å². The average Bonchev–Trinajstić information content (AvgIpc) is 2.41.